The minimum Gasteiger partial charge on any atom is -0.296 e. The summed E-state index contributed by atoms with van der Waals surface area (Å²) >= 11 is 0. The lowest BCUT2D eigenvalue weighted by Gasteiger charge is -2.17. The van der Waals surface area contributed by atoms with E-state index in [1.165, 1.54) is 0 Å². The molecular formula is C15H15N3O. The summed E-state index contributed by atoms with van der Waals surface area (Å²) in [5.74, 6) is 1.18. The van der Waals surface area contributed by atoms with Crippen LogP contribution in [0.5, 0.6) is 0 Å². The van der Waals surface area contributed by atoms with Crippen LogP contribution in [0.15, 0.2) is 55.3 Å². The van der Waals surface area contributed by atoms with Gasteiger partial charge in [-0.15, -0.1) is 6.58 Å². The van der Waals surface area contributed by atoms with Crippen LogP contribution < -0.4 is 4.90 Å². The Morgan fingerprint density at radius 2 is 2.05 bits per heavy atom. The van der Waals surface area contributed by atoms with E-state index in [1.807, 2.05) is 42.5 Å². The third-order valence-corrected chi connectivity index (χ3v) is 3.39. The fourth-order valence-corrected chi connectivity index (χ4v) is 2.38. The average Bonchev–Trinajstić information content (AvgIpc) is 3.05. The molecule has 0 radical (unpaired) electrons. The summed E-state index contributed by atoms with van der Waals surface area (Å²) in [7, 11) is 0. The fraction of sp³-hybridized carbons (Fsp3) is 0.200. The second-order valence-corrected chi connectivity index (χ2v) is 4.64. The number of benzene rings is 1. The van der Waals surface area contributed by atoms with E-state index >= 15 is 0 Å². The Bertz CT molecular complexity index is 603. The van der Waals surface area contributed by atoms with Crippen molar-refractivity contribution in [3.63, 3.8) is 0 Å². The fourth-order valence-electron chi connectivity index (χ4n) is 2.38. The summed E-state index contributed by atoms with van der Waals surface area (Å²) in [4.78, 5) is 13.8. The second-order valence-electron chi connectivity index (χ2n) is 4.64. The van der Waals surface area contributed by atoms with Crippen molar-refractivity contribution in [3.8, 4) is 5.69 Å². The SMILES string of the molecule is C=CC1CC(=O)N(c2ccnn2-c2ccccc2)C1. The van der Waals surface area contributed by atoms with Gasteiger partial charge < -0.3 is 0 Å². The van der Waals surface area contributed by atoms with Crippen LogP contribution in [-0.2, 0) is 4.79 Å². The molecule has 1 aromatic heterocycles. The quantitative estimate of drug-likeness (QED) is 0.788. The molecule has 2 heterocycles. The third-order valence-electron chi connectivity index (χ3n) is 3.39. The summed E-state index contributed by atoms with van der Waals surface area (Å²) in [5, 5.41) is 4.31. The van der Waals surface area contributed by atoms with Crippen molar-refractivity contribution in [3.05, 3.63) is 55.3 Å². The topological polar surface area (TPSA) is 38.1 Å². The van der Waals surface area contributed by atoms with Crippen LogP contribution in [0.2, 0.25) is 0 Å². The molecule has 1 unspecified atom stereocenters. The molecule has 4 heteroatoms. The van der Waals surface area contributed by atoms with E-state index in [1.54, 1.807) is 15.8 Å². The maximum Gasteiger partial charge on any atom is 0.228 e. The summed E-state index contributed by atoms with van der Waals surface area (Å²) in [5.41, 5.74) is 0.956. The molecule has 0 bridgehead atoms. The molecule has 1 fully saturated rings. The molecular weight excluding hydrogens is 238 g/mol. The van der Waals surface area contributed by atoms with Crippen molar-refractivity contribution in [2.75, 3.05) is 11.4 Å². The van der Waals surface area contributed by atoms with Crippen LogP contribution in [0.4, 0.5) is 5.82 Å². The van der Waals surface area contributed by atoms with Crippen molar-refractivity contribution in [1.82, 2.24) is 9.78 Å². The number of amides is 1. The molecule has 96 valence electrons. The van der Waals surface area contributed by atoms with Crippen LogP contribution >= 0.6 is 0 Å². The predicted octanol–water partition coefficient (Wildman–Crippen LogP) is 2.41. The first-order chi connectivity index (χ1) is 9.29. The molecule has 1 amide bonds. The smallest absolute Gasteiger partial charge is 0.228 e. The molecule has 1 aliphatic heterocycles. The Morgan fingerprint density at radius 1 is 1.26 bits per heavy atom. The maximum absolute atomic E-state index is 12.1. The monoisotopic (exact) mass is 253 g/mol. The molecule has 4 nitrogen and oxygen atoms in total. The lowest BCUT2D eigenvalue weighted by Crippen LogP contribution is -2.26. The van der Waals surface area contributed by atoms with Gasteiger partial charge in [0.25, 0.3) is 0 Å². The Morgan fingerprint density at radius 3 is 2.74 bits per heavy atom. The van der Waals surface area contributed by atoms with Crippen LogP contribution in [0.1, 0.15) is 6.42 Å². The van der Waals surface area contributed by atoms with Gasteiger partial charge in [-0.1, -0.05) is 24.3 Å². The molecule has 2 aromatic rings. The molecule has 0 aliphatic carbocycles. The number of para-hydroxylation sites is 1. The van der Waals surface area contributed by atoms with Crippen molar-refractivity contribution < 1.29 is 4.79 Å². The molecule has 3 rings (SSSR count). The molecule has 0 N–H and O–H groups in total. The standard InChI is InChI=1S/C15H15N3O/c1-2-12-10-15(19)17(11-12)14-8-9-16-18(14)13-6-4-3-5-7-13/h2-9,12H,1,10-11H2. The average molecular weight is 253 g/mol. The first-order valence-electron chi connectivity index (χ1n) is 6.32. The summed E-state index contributed by atoms with van der Waals surface area (Å²) in [6.07, 6.45) is 4.10. The Kier molecular flexibility index (Phi) is 2.91. The number of rotatable bonds is 3. The number of hydrogen-bond donors (Lipinski definition) is 0. The van der Waals surface area contributed by atoms with E-state index < -0.39 is 0 Å². The van der Waals surface area contributed by atoms with Gasteiger partial charge >= 0.3 is 0 Å². The van der Waals surface area contributed by atoms with Gasteiger partial charge in [0.15, 0.2) is 0 Å². The second kappa shape index (κ2) is 4.72. The van der Waals surface area contributed by atoms with E-state index in [2.05, 4.69) is 11.7 Å². The van der Waals surface area contributed by atoms with Gasteiger partial charge in [0.2, 0.25) is 5.91 Å². The van der Waals surface area contributed by atoms with Gasteiger partial charge in [-0.2, -0.15) is 5.10 Å². The number of carbonyl (C=O) groups is 1. The highest BCUT2D eigenvalue weighted by atomic mass is 16.2. The maximum atomic E-state index is 12.1. The lowest BCUT2D eigenvalue weighted by molar-refractivity contribution is -0.117. The van der Waals surface area contributed by atoms with Crippen LogP contribution in [0.25, 0.3) is 5.69 Å². The zero-order valence-corrected chi connectivity index (χ0v) is 10.6. The van der Waals surface area contributed by atoms with Gasteiger partial charge in [0.05, 0.1) is 11.9 Å². The zero-order valence-electron chi connectivity index (χ0n) is 10.6. The number of carbonyl (C=O) groups excluding carboxylic acids is 1. The number of hydrogen-bond acceptors (Lipinski definition) is 2. The number of aromatic nitrogens is 2. The van der Waals surface area contributed by atoms with Crippen molar-refractivity contribution in [2.45, 2.75) is 6.42 Å². The molecule has 0 spiro atoms. The Balaban J connectivity index is 1.97. The van der Waals surface area contributed by atoms with Gasteiger partial charge in [-0.05, 0) is 12.1 Å². The van der Waals surface area contributed by atoms with Crippen molar-refractivity contribution >= 4 is 11.7 Å². The summed E-state index contributed by atoms with van der Waals surface area (Å²) in [6, 6.07) is 11.7. The van der Waals surface area contributed by atoms with E-state index in [-0.39, 0.29) is 11.8 Å². The molecule has 19 heavy (non-hydrogen) atoms. The largest absolute Gasteiger partial charge is 0.296 e. The Hall–Kier alpha value is -2.36. The van der Waals surface area contributed by atoms with Gasteiger partial charge in [0, 0.05) is 24.9 Å². The number of nitrogens with zero attached hydrogens (tertiary/aromatic N) is 3. The van der Waals surface area contributed by atoms with E-state index in [9.17, 15) is 4.79 Å². The van der Waals surface area contributed by atoms with E-state index in [0.29, 0.717) is 13.0 Å². The zero-order chi connectivity index (χ0) is 13.2. The van der Waals surface area contributed by atoms with Crippen molar-refractivity contribution in [2.24, 2.45) is 5.92 Å². The lowest BCUT2D eigenvalue weighted by atomic mass is 10.1. The van der Waals surface area contributed by atoms with Crippen molar-refractivity contribution in [1.29, 1.82) is 0 Å². The van der Waals surface area contributed by atoms with Crippen LogP contribution in [0, 0.1) is 5.92 Å². The predicted molar refractivity (Wildman–Crippen MR) is 74.2 cm³/mol. The number of anilines is 1. The third kappa shape index (κ3) is 2.05. The highest BCUT2D eigenvalue weighted by Gasteiger charge is 2.30. The van der Waals surface area contributed by atoms with Gasteiger partial charge in [-0.3, -0.25) is 9.69 Å². The summed E-state index contributed by atoms with van der Waals surface area (Å²) in [6.45, 7) is 4.45. The Labute approximate surface area is 112 Å². The van der Waals surface area contributed by atoms with Crippen LogP contribution in [-0.4, -0.2) is 22.2 Å². The first-order valence-corrected chi connectivity index (χ1v) is 6.32. The first kappa shape index (κ1) is 11.7. The summed E-state index contributed by atoms with van der Waals surface area (Å²) < 4.78 is 1.80. The van der Waals surface area contributed by atoms with Gasteiger partial charge in [-0.25, -0.2) is 4.68 Å². The van der Waals surface area contributed by atoms with Gasteiger partial charge in [0.1, 0.15) is 5.82 Å². The highest BCUT2D eigenvalue weighted by molar-refractivity contribution is 5.95. The normalized spacial score (nSPS) is 18.8. The molecule has 0 saturated carbocycles. The highest BCUT2D eigenvalue weighted by Crippen LogP contribution is 2.27. The van der Waals surface area contributed by atoms with E-state index in [4.69, 9.17) is 0 Å². The van der Waals surface area contributed by atoms with E-state index in [0.717, 1.165) is 11.5 Å². The van der Waals surface area contributed by atoms with Crippen LogP contribution in [0.3, 0.4) is 0 Å². The molecule has 1 aromatic carbocycles. The molecule has 1 saturated heterocycles. The molecule has 1 aliphatic rings. The minimum atomic E-state index is 0.127. The molecule has 1 atom stereocenters. The minimum absolute atomic E-state index is 0.127.